The molecule has 25 heavy (non-hydrogen) atoms. The molecule has 0 amide bonds. The van der Waals surface area contributed by atoms with Gasteiger partial charge in [-0.15, -0.1) is 0 Å². The van der Waals surface area contributed by atoms with Gasteiger partial charge in [-0.25, -0.2) is 0 Å². The van der Waals surface area contributed by atoms with Gasteiger partial charge in [-0.3, -0.25) is 4.79 Å². The van der Waals surface area contributed by atoms with Crippen molar-refractivity contribution in [2.45, 2.75) is 18.9 Å². The first-order valence-electron chi connectivity index (χ1n) is 8.50. The number of carbonyl (C=O) groups excluding carboxylic acids is 1. The van der Waals surface area contributed by atoms with E-state index < -0.39 is 0 Å². The zero-order valence-corrected chi connectivity index (χ0v) is 14.7. The van der Waals surface area contributed by atoms with Gasteiger partial charge in [0.15, 0.2) is 0 Å². The molecule has 5 nitrogen and oxygen atoms in total. The Balaban J connectivity index is 1.71. The maximum absolute atomic E-state index is 12.0. The third kappa shape index (κ3) is 4.12. The predicted octanol–water partition coefficient (Wildman–Crippen LogP) is 3.25. The minimum Gasteiger partial charge on any atom is -0.485 e. The van der Waals surface area contributed by atoms with E-state index in [0.29, 0.717) is 25.1 Å². The van der Waals surface area contributed by atoms with Crippen LogP contribution in [-0.4, -0.2) is 38.1 Å². The lowest BCUT2D eigenvalue weighted by molar-refractivity contribution is -0.144. The van der Waals surface area contributed by atoms with Crippen molar-refractivity contribution >= 4 is 11.7 Å². The lowest BCUT2D eigenvalue weighted by Gasteiger charge is -2.29. The summed E-state index contributed by atoms with van der Waals surface area (Å²) in [5, 5.41) is 0. The summed E-state index contributed by atoms with van der Waals surface area (Å²) in [6, 6.07) is 13.8. The molecule has 0 bridgehead atoms. The summed E-state index contributed by atoms with van der Waals surface area (Å²) in [6.07, 6.45) is 0.676. The Bertz CT molecular complexity index is 758. The molecule has 0 aromatic heterocycles. The van der Waals surface area contributed by atoms with E-state index in [2.05, 4.69) is 0 Å². The molecule has 0 saturated carbocycles. The summed E-state index contributed by atoms with van der Waals surface area (Å²) in [7, 11) is 3.89. The first-order chi connectivity index (χ1) is 12.0. The number of rotatable bonds is 6. The van der Waals surface area contributed by atoms with Gasteiger partial charge in [0.25, 0.3) is 0 Å². The molecule has 0 spiro atoms. The van der Waals surface area contributed by atoms with Gasteiger partial charge < -0.3 is 20.1 Å². The number of nitrogen functional groups attached to an aromatic ring is 1. The number of para-hydroxylation sites is 1. The summed E-state index contributed by atoms with van der Waals surface area (Å²) >= 11 is 0. The van der Waals surface area contributed by atoms with Crippen molar-refractivity contribution in [2.75, 3.05) is 33.0 Å². The van der Waals surface area contributed by atoms with Gasteiger partial charge in [0, 0.05) is 29.8 Å². The average molecular weight is 340 g/mol. The molecule has 5 heteroatoms. The van der Waals surface area contributed by atoms with Crippen LogP contribution < -0.4 is 10.5 Å². The van der Waals surface area contributed by atoms with Gasteiger partial charge in [-0.1, -0.05) is 24.3 Å². The second-order valence-corrected chi connectivity index (χ2v) is 6.51. The van der Waals surface area contributed by atoms with Crippen LogP contribution in [0.4, 0.5) is 5.69 Å². The van der Waals surface area contributed by atoms with Crippen LogP contribution in [0.3, 0.4) is 0 Å². The predicted molar refractivity (Wildman–Crippen MR) is 98.4 cm³/mol. The van der Waals surface area contributed by atoms with Crippen molar-refractivity contribution in [1.82, 2.24) is 4.90 Å². The van der Waals surface area contributed by atoms with Gasteiger partial charge >= 0.3 is 5.97 Å². The second-order valence-electron chi connectivity index (χ2n) is 6.51. The van der Waals surface area contributed by atoms with Crippen molar-refractivity contribution in [2.24, 2.45) is 0 Å². The number of carbonyl (C=O) groups is 1. The van der Waals surface area contributed by atoms with E-state index in [4.69, 9.17) is 15.2 Å². The molecule has 1 heterocycles. The second kappa shape index (κ2) is 7.57. The Morgan fingerprint density at radius 1 is 1.20 bits per heavy atom. The molecule has 2 aromatic carbocycles. The number of hydrogen-bond acceptors (Lipinski definition) is 5. The largest absolute Gasteiger partial charge is 0.485 e. The highest BCUT2D eigenvalue weighted by molar-refractivity contribution is 5.77. The standard InChI is InChI=1S/C20H24N2O3/c1-22(2)11-12-24-20(23)10-9-19-17-13-14(21)7-8-15(17)16-5-3-4-6-18(16)25-19/h3-8,13,19H,9-12,21H2,1-2H3. The molecule has 0 saturated heterocycles. The van der Waals surface area contributed by atoms with Crippen LogP contribution >= 0.6 is 0 Å². The highest BCUT2D eigenvalue weighted by Crippen LogP contribution is 2.44. The Morgan fingerprint density at radius 3 is 2.80 bits per heavy atom. The molecule has 0 fully saturated rings. The lowest BCUT2D eigenvalue weighted by Crippen LogP contribution is -2.21. The third-order valence-corrected chi connectivity index (χ3v) is 4.28. The molecule has 0 radical (unpaired) electrons. The van der Waals surface area contributed by atoms with Crippen molar-refractivity contribution in [3.8, 4) is 16.9 Å². The highest BCUT2D eigenvalue weighted by Gasteiger charge is 2.26. The highest BCUT2D eigenvalue weighted by atomic mass is 16.5. The first-order valence-corrected chi connectivity index (χ1v) is 8.50. The van der Waals surface area contributed by atoms with Crippen LogP contribution in [0.25, 0.3) is 11.1 Å². The monoisotopic (exact) mass is 340 g/mol. The molecule has 1 aliphatic heterocycles. The molecule has 1 atom stereocenters. The molecule has 0 aliphatic carbocycles. The molecular formula is C20H24N2O3. The van der Waals surface area contributed by atoms with Crippen LogP contribution in [0.1, 0.15) is 24.5 Å². The molecule has 2 aromatic rings. The molecule has 132 valence electrons. The van der Waals surface area contributed by atoms with E-state index in [1.165, 1.54) is 0 Å². The van der Waals surface area contributed by atoms with E-state index >= 15 is 0 Å². The number of likely N-dealkylation sites (N-methyl/N-ethyl adjacent to an activating group) is 1. The fourth-order valence-electron chi connectivity index (χ4n) is 2.98. The van der Waals surface area contributed by atoms with Gasteiger partial charge in [-0.05, 0) is 44.3 Å². The van der Waals surface area contributed by atoms with E-state index in [1.807, 2.05) is 61.5 Å². The zero-order chi connectivity index (χ0) is 17.8. The maximum Gasteiger partial charge on any atom is 0.305 e. The Hall–Kier alpha value is -2.53. The van der Waals surface area contributed by atoms with Crippen molar-refractivity contribution < 1.29 is 14.3 Å². The summed E-state index contributed by atoms with van der Waals surface area (Å²) in [4.78, 5) is 14.0. The van der Waals surface area contributed by atoms with E-state index in [-0.39, 0.29) is 12.1 Å². The van der Waals surface area contributed by atoms with Crippen LogP contribution in [-0.2, 0) is 9.53 Å². The minimum absolute atomic E-state index is 0.199. The Labute approximate surface area is 148 Å². The van der Waals surface area contributed by atoms with Crippen molar-refractivity contribution in [3.05, 3.63) is 48.0 Å². The van der Waals surface area contributed by atoms with Gasteiger partial charge in [0.1, 0.15) is 18.5 Å². The smallest absolute Gasteiger partial charge is 0.305 e. The maximum atomic E-state index is 12.0. The molecule has 1 aliphatic rings. The molecule has 2 N–H and O–H groups in total. The summed E-state index contributed by atoms with van der Waals surface area (Å²) in [5.41, 5.74) is 9.86. The number of nitrogens with two attached hydrogens (primary N) is 1. The summed E-state index contributed by atoms with van der Waals surface area (Å²) in [6.45, 7) is 1.13. The molecule has 1 unspecified atom stereocenters. The SMILES string of the molecule is CN(C)CCOC(=O)CCC1Oc2ccccc2-c2ccc(N)cc21. The summed E-state index contributed by atoms with van der Waals surface area (Å²) < 4.78 is 11.4. The minimum atomic E-state index is -0.199. The lowest BCUT2D eigenvalue weighted by atomic mass is 9.90. The van der Waals surface area contributed by atoms with Gasteiger partial charge in [0.2, 0.25) is 0 Å². The van der Waals surface area contributed by atoms with E-state index in [9.17, 15) is 4.79 Å². The fourth-order valence-corrected chi connectivity index (χ4v) is 2.98. The van der Waals surface area contributed by atoms with Gasteiger partial charge in [-0.2, -0.15) is 0 Å². The van der Waals surface area contributed by atoms with Crippen LogP contribution in [0.2, 0.25) is 0 Å². The topological polar surface area (TPSA) is 64.8 Å². The number of hydrogen-bond donors (Lipinski definition) is 1. The molecular weight excluding hydrogens is 316 g/mol. The van der Waals surface area contributed by atoms with Crippen molar-refractivity contribution in [3.63, 3.8) is 0 Å². The van der Waals surface area contributed by atoms with E-state index in [1.54, 1.807) is 0 Å². The quantitative estimate of drug-likeness (QED) is 0.646. The van der Waals surface area contributed by atoms with Crippen LogP contribution in [0.15, 0.2) is 42.5 Å². The van der Waals surface area contributed by atoms with Crippen molar-refractivity contribution in [1.29, 1.82) is 0 Å². The zero-order valence-electron chi connectivity index (χ0n) is 14.7. The number of anilines is 1. The number of esters is 1. The van der Waals surface area contributed by atoms with Crippen LogP contribution in [0, 0.1) is 0 Å². The Morgan fingerprint density at radius 2 is 2.00 bits per heavy atom. The average Bonchev–Trinajstić information content (AvgIpc) is 2.59. The van der Waals surface area contributed by atoms with Gasteiger partial charge in [0.05, 0.1) is 0 Å². The first kappa shape index (κ1) is 17.3. The number of nitrogens with zero attached hydrogens (tertiary/aromatic N) is 1. The number of ether oxygens (including phenoxy) is 2. The summed E-state index contributed by atoms with van der Waals surface area (Å²) in [5.74, 6) is 0.639. The normalized spacial score (nSPS) is 15.2. The van der Waals surface area contributed by atoms with E-state index in [0.717, 1.165) is 29.0 Å². The Kier molecular flexibility index (Phi) is 5.24. The fraction of sp³-hybridized carbons (Fsp3) is 0.350. The number of fused-ring (bicyclic) bond motifs is 3. The van der Waals surface area contributed by atoms with Crippen LogP contribution in [0.5, 0.6) is 5.75 Å². The molecule has 3 rings (SSSR count). The third-order valence-electron chi connectivity index (χ3n) is 4.28. The number of benzene rings is 2.